The lowest BCUT2D eigenvalue weighted by Gasteiger charge is -2.04. The summed E-state index contributed by atoms with van der Waals surface area (Å²) >= 11 is 0. The summed E-state index contributed by atoms with van der Waals surface area (Å²) in [6.45, 7) is 1.69. The van der Waals surface area contributed by atoms with Crippen molar-refractivity contribution in [1.29, 1.82) is 0 Å². The Hall–Kier alpha value is -2.17. The van der Waals surface area contributed by atoms with Gasteiger partial charge < -0.3 is 9.15 Å². The minimum absolute atomic E-state index is 0.215. The minimum atomic E-state index is -0.466. The van der Waals surface area contributed by atoms with Crippen molar-refractivity contribution in [1.82, 2.24) is 0 Å². The van der Waals surface area contributed by atoms with Crippen LogP contribution in [0.4, 0.5) is 5.69 Å². The molecular formula is C11H9NO4. The van der Waals surface area contributed by atoms with E-state index < -0.39 is 5.97 Å². The van der Waals surface area contributed by atoms with Gasteiger partial charge in [0.05, 0.1) is 18.9 Å². The summed E-state index contributed by atoms with van der Waals surface area (Å²) in [6, 6.07) is 3.18. The van der Waals surface area contributed by atoms with Gasteiger partial charge in [0.1, 0.15) is 0 Å². The monoisotopic (exact) mass is 219 g/mol. The van der Waals surface area contributed by atoms with Gasteiger partial charge in [-0.3, -0.25) is 0 Å². The maximum atomic E-state index is 11.5. The Balaban J connectivity index is 2.82. The Labute approximate surface area is 91.0 Å². The number of esters is 1. The first-order valence-corrected chi connectivity index (χ1v) is 4.61. The smallest absolute Gasteiger partial charge is 0.338 e. The normalized spacial score (nSPS) is 10.4. The summed E-state index contributed by atoms with van der Waals surface area (Å²) in [4.78, 5) is 22.2. The van der Waals surface area contributed by atoms with E-state index in [2.05, 4.69) is 9.91 Å². The van der Waals surface area contributed by atoms with Crippen LogP contribution in [0, 0.1) is 11.8 Å². The number of carbonyl (C=O) groups is 1. The van der Waals surface area contributed by atoms with Crippen molar-refractivity contribution in [3.05, 3.63) is 34.4 Å². The van der Waals surface area contributed by atoms with Crippen LogP contribution in [0.25, 0.3) is 11.0 Å². The van der Waals surface area contributed by atoms with Crippen LogP contribution in [-0.4, -0.2) is 13.1 Å². The Morgan fingerprint density at radius 2 is 2.25 bits per heavy atom. The van der Waals surface area contributed by atoms with Crippen LogP contribution in [0.15, 0.2) is 28.0 Å². The van der Waals surface area contributed by atoms with Gasteiger partial charge in [-0.15, -0.1) is 4.91 Å². The quantitative estimate of drug-likeness (QED) is 0.575. The summed E-state index contributed by atoms with van der Waals surface area (Å²) in [6.07, 6.45) is 1.41. The highest BCUT2D eigenvalue weighted by Crippen LogP contribution is 2.33. The van der Waals surface area contributed by atoms with Gasteiger partial charge in [-0.2, -0.15) is 0 Å². The van der Waals surface area contributed by atoms with Crippen LogP contribution in [0.3, 0.4) is 0 Å². The SMILES string of the molecule is COC(=O)c1cc(C)c(N=O)c2occc12. The maximum absolute atomic E-state index is 11.5. The zero-order chi connectivity index (χ0) is 11.7. The van der Waals surface area contributed by atoms with Crippen molar-refractivity contribution in [3.63, 3.8) is 0 Å². The molecule has 0 aliphatic heterocycles. The third-order valence-corrected chi connectivity index (χ3v) is 2.40. The molecule has 82 valence electrons. The van der Waals surface area contributed by atoms with E-state index in [9.17, 15) is 9.70 Å². The lowest BCUT2D eigenvalue weighted by atomic mass is 10.1. The fourth-order valence-corrected chi connectivity index (χ4v) is 1.64. The van der Waals surface area contributed by atoms with Gasteiger partial charge in [-0.05, 0) is 29.8 Å². The molecule has 16 heavy (non-hydrogen) atoms. The van der Waals surface area contributed by atoms with Crippen LogP contribution < -0.4 is 0 Å². The lowest BCUT2D eigenvalue weighted by molar-refractivity contribution is 0.0603. The number of aryl methyl sites for hydroxylation is 1. The van der Waals surface area contributed by atoms with Gasteiger partial charge in [-0.1, -0.05) is 0 Å². The van der Waals surface area contributed by atoms with Gasteiger partial charge in [-0.25, -0.2) is 4.79 Å². The van der Waals surface area contributed by atoms with Crippen LogP contribution in [0.1, 0.15) is 15.9 Å². The molecule has 2 aromatic rings. The molecule has 0 spiro atoms. The summed E-state index contributed by atoms with van der Waals surface area (Å²) in [5.41, 5.74) is 1.48. The molecule has 0 aliphatic rings. The second-order valence-corrected chi connectivity index (χ2v) is 3.34. The van der Waals surface area contributed by atoms with E-state index in [1.807, 2.05) is 0 Å². The average Bonchev–Trinajstić information content (AvgIpc) is 2.75. The number of nitrogens with zero attached hydrogens (tertiary/aromatic N) is 1. The van der Waals surface area contributed by atoms with E-state index in [1.54, 1.807) is 19.1 Å². The predicted molar refractivity (Wildman–Crippen MR) is 57.7 cm³/mol. The second kappa shape index (κ2) is 3.77. The molecule has 0 unspecified atom stereocenters. The van der Waals surface area contributed by atoms with Crippen molar-refractivity contribution in [2.24, 2.45) is 5.18 Å². The van der Waals surface area contributed by atoms with Crippen LogP contribution >= 0.6 is 0 Å². The molecule has 0 bridgehead atoms. The molecular weight excluding hydrogens is 210 g/mol. The average molecular weight is 219 g/mol. The number of rotatable bonds is 2. The highest BCUT2D eigenvalue weighted by Gasteiger charge is 2.17. The fraction of sp³-hybridized carbons (Fsp3) is 0.182. The van der Waals surface area contributed by atoms with E-state index in [4.69, 9.17) is 4.42 Å². The number of nitroso groups, excluding NO2 is 1. The molecule has 2 rings (SSSR count). The Morgan fingerprint density at radius 3 is 2.88 bits per heavy atom. The largest absolute Gasteiger partial charge is 0.465 e. The van der Waals surface area contributed by atoms with Gasteiger partial charge in [0.15, 0.2) is 11.3 Å². The Morgan fingerprint density at radius 1 is 1.50 bits per heavy atom. The molecule has 0 aliphatic carbocycles. The van der Waals surface area contributed by atoms with Crippen molar-refractivity contribution >= 4 is 22.6 Å². The second-order valence-electron chi connectivity index (χ2n) is 3.34. The highest BCUT2D eigenvalue weighted by molar-refractivity contribution is 6.06. The standard InChI is InChI=1S/C11H9NO4/c1-6-5-8(11(13)15-2)7-3-4-16-10(7)9(6)12-14/h3-5H,1-2H3. The Kier molecular flexibility index (Phi) is 2.44. The van der Waals surface area contributed by atoms with Crippen LogP contribution in [0.2, 0.25) is 0 Å². The number of methoxy groups -OCH3 is 1. The molecule has 0 radical (unpaired) electrons. The van der Waals surface area contributed by atoms with E-state index >= 15 is 0 Å². The number of hydrogen-bond acceptors (Lipinski definition) is 5. The first-order valence-electron chi connectivity index (χ1n) is 4.61. The number of ether oxygens (including phenoxy) is 1. The first-order chi connectivity index (χ1) is 7.69. The molecule has 5 heteroatoms. The van der Waals surface area contributed by atoms with Crippen LogP contribution in [-0.2, 0) is 4.74 Å². The topological polar surface area (TPSA) is 68.9 Å². The number of benzene rings is 1. The fourth-order valence-electron chi connectivity index (χ4n) is 1.64. The molecule has 0 saturated heterocycles. The molecule has 1 aromatic carbocycles. The van der Waals surface area contributed by atoms with Gasteiger partial charge in [0, 0.05) is 5.39 Å². The predicted octanol–water partition coefficient (Wildman–Crippen LogP) is 2.93. The number of furan rings is 1. The number of carbonyl (C=O) groups excluding carboxylic acids is 1. The number of hydrogen-bond donors (Lipinski definition) is 0. The van der Waals surface area contributed by atoms with Crippen LogP contribution in [0.5, 0.6) is 0 Å². The van der Waals surface area contributed by atoms with Gasteiger partial charge in [0.25, 0.3) is 0 Å². The molecule has 1 heterocycles. The lowest BCUT2D eigenvalue weighted by Crippen LogP contribution is -2.02. The van der Waals surface area contributed by atoms with Crippen molar-refractivity contribution in [3.8, 4) is 0 Å². The van der Waals surface area contributed by atoms with Gasteiger partial charge >= 0.3 is 5.97 Å². The molecule has 0 N–H and O–H groups in total. The highest BCUT2D eigenvalue weighted by atomic mass is 16.5. The maximum Gasteiger partial charge on any atom is 0.338 e. The minimum Gasteiger partial charge on any atom is -0.465 e. The molecule has 0 amide bonds. The van der Waals surface area contributed by atoms with Crippen molar-refractivity contribution < 1.29 is 13.9 Å². The van der Waals surface area contributed by atoms with Crippen molar-refractivity contribution in [2.45, 2.75) is 6.92 Å². The van der Waals surface area contributed by atoms with E-state index in [0.717, 1.165) is 0 Å². The molecule has 0 fully saturated rings. The third kappa shape index (κ3) is 1.37. The third-order valence-electron chi connectivity index (χ3n) is 2.40. The van der Waals surface area contributed by atoms with Crippen molar-refractivity contribution in [2.75, 3.05) is 7.11 Å². The Bertz CT molecular complexity index is 571. The summed E-state index contributed by atoms with van der Waals surface area (Å²) in [7, 11) is 1.30. The number of fused-ring (bicyclic) bond motifs is 1. The van der Waals surface area contributed by atoms with E-state index in [-0.39, 0.29) is 5.69 Å². The molecule has 1 aromatic heterocycles. The summed E-state index contributed by atoms with van der Waals surface area (Å²) in [5, 5.41) is 3.44. The molecule has 5 nitrogen and oxygen atoms in total. The van der Waals surface area contributed by atoms with Gasteiger partial charge in [0.2, 0.25) is 0 Å². The van der Waals surface area contributed by atoms with E-state index in [0.29, 0.717) is 22.1 Å². The summed E-state index contributed by atoms with van der Waals surface area (Å²) < 4.78 is 9.81. The van der Waals surface area contributed by atoms with E-state index in [1.165, 1.54) is 13.4 Å². The molecule has 0 saturated carbocycles. The zero-order valence-electron chi connectivity index (χ0n) is 8.81. The summed E-state index contributed by atoms with van der Waals surface area (Å²) in [5.74, 6) is -0.466. The molecule has 0 atom stereocenters. The first kappa shape index (κ1) is 10.4. The zero-order valence-corrected chi connectivity index (χ0v) is 8.81.